The molecule has 2 nitrogen and oxygen atoms in total. The molecule has 2 aromatic rings. The Morgan fingerprint density at radius 3 is 1.81 bits per heavy atom. The summed E-state index contributed by atoms with van der Waals surface area (Å²) in [5.41, 5.74) is 8.54. The molecule has 2 aromatic carbocycles. The molecule has 142 valence electrons. The number of halogens is 2. The number of aromatic hydroxyl groups is 1. The Morgan fingerprint density at radius 2 is 1.35 bits per heavy atom. The van der Waals surface area contributed by atoms with Crippen molar-refractivity contribution in [3.8, 4) is 5.75 Å². The van der Waals surface area contributed by atoms with E-state index in [0.717, 1.165) is 22.8 Å². The highest BCUT2D eigenvalue weighted by Gasteiger charge is 2.26. The van der Waals surface area contributed by atoms with Gasteiger partial charge in [-0.3, -0.25) is 0 Å². The highest BCUT2D eigenvalue weighted by molar-refractivity contribution is 5.51. The molecule has 0 radical (unpaired) electrons. The zero-order valence-corrected chi connectivity index (χ0v) is 16.5. The van der Waals surface area contributed by atoms with Gasteiger partial charge in [0.2, 0.25) is 0 Å². The second kappa shape index (κ2) is 6.90. The minimum Gasteiger partial charge on any atom is -0.507 e. The third kappa shape index (κ3) is 4.35. The molecular weight excluding hydrogens is 332 g/mol. The van der Waals surface area contributed by atoms with Crippen LogP contribution in [0.5, 0.6) is 5.75 Å². The average Bonchev–Trinajstić information content (AvgIpc) is 2.48. The molecule has 3 N–H and O–H groups in total. The third-order valence-corrected chi connectivity index (χ3v) is 4.65. The van der Waals surface area contributed by atoms with Crippen molar-refractivity contribution in [1.82, 2.24) is 0 Å². The number of rotatable bonds is 3. The Labute approximate surface area is 155 Å². The fraction of sp³-hybridized carbons (Fsp3) is 0.455. The summed E-state index contributed by atoms with van der Waals surface area (Å²) in [4.78, 5) is 0. The number of hydrogen-bond acceptors (Lipinski definition) is 2. The maximum atomic E-state index is 13.7. The van der Waals surface area contributed by atoms with Crippen LogP contribution in [0, 0.1) is 11.6 Å². The summed E-state index contributed by atoms with van der Waals surface area (Å²) in [6, 6.07) is 6.05. The van der Waals surface area contributed by atoms with E-state index in [1.165, 1.54) is 6.07 Å². The molecule has 2 rings (SSSR count). The molecule has 0 atom stereocenters. The van der Waals surface area contributed by atoms with Gasteiger partial charge in [-0.05, 0) is 52.0 Å². The normalized spacial score (nSPS) is 12.5. The summed E-state index contributed by atoms with van der Waals surface area (Å²) in [5, 5.41) is 10.8. The van der Waals surface area contributed by atoms with Crippen molar-refractivity contribution in [2.75, 3.05) is 5.73 Å². The number of nitrogens with two attached hydrogens (primary N) is 1. The van der Waals surface area contributed by atoms with Gasteiger partial charge in [0, 0.05) is 6.07 Å². The van der Waals surface area contributed by atoms with Crippen molar-refractivity contribution in [3.63, 3.8) is 0 Å². The molecule has 0 bridgehead atoms. The summed E-state index contributed by atoms with van der Waals surface area (Å²) in [7, 11) is 0. The predicted molar refractivity (Wildman–Crippen MR) is 104 cm³/mol. The Morgan fingerprint density at radius 1 is 0.846 bits per heavy atom. The zero-order chi connectivity index (χ0) is 19.9. The van der Waals surface area contributed by atoms with E-state index >= 15 is 0 Å². The molecule has 0 spiro atoms. The van der Waals surface area contributed by atoms with Crippen LogP contribution in [0.2, 0.25) is 0 Å². The second-order valence-corrected chi connectivity index (χ2v) is 9.00. The lowest BCUT2D eigenvalue weighted by atomic mass is 9.78. The monoisotopic (exact) mass is 361 g/mol. The van der Waals surface area contributed by atoms with Crippen molar-refractivity contribution in [2.24, 2.45) is 0 Å². The lowest BCUT2D eigenvalue weighted by Crippen LogP contribution is -2.18. The number of anilines is 1. The maximum Gasteiger partial charge on any atom is 0.149 e. The van der Waals surface area contributed by atoms with Crippen LogP contribution in [0.1, 0.15) is 63.8 Å². The van der Waals surface area contributed by atoms with Crippen LogP contribution in [0.4, 0.5) is 14.5 Å². The summed E-state index contributed by atoms with van der Waals surface area (Å²) in [5.74, 6) is -1.02. The van der Waals surface area contributed by atoms with Crippen molar-refractivity contribution >= 4 is 5.69 Å². The molecule has 0 fully saturated rings. The fourth-order valence-electron chi connectivity index (χ4n) is 3.11. The SMILES string of the molecule is CC(C)(C)c1cc(CCc2cc(F)cc(F)c2N)cc(C(C)(C)C)c1O. The Hall–Kier alpha value is -2.10. The van der Waals surface area contributed by atoms with Crippen molar-refractivity contribution in [1.29, 1.82) is 0 Å². The molecule has 0 amide bonds. The van der Waals surface area contributed by atoms with Gasteiger partial charge in [0.25, 0.3) is 0 Å². The Balaban J connectivity index is 2.44. The van der Waals surface area contributed by atoms with E-state index in [2.05, 4.69) is 41.5 Å². The third-order valence-electron chi connectivity index (χ3n) is 4.65. The van der Waals surface area contributed by atoms with Gasteiger partial charge in [-0.1, -0.05) is 53.7 Å². The van der Waals surface area contributed by atoms with Gasteiger partial charge in [-0.25, -0.2) is 8.78 Å². The van der Waals surface area contributed by atoms with E-state index in [1.54, 1.807) is 0 Å². The summed E-state index contributed by atoms with van der Waals surface area (Å²) >= 11 is 0. The first-order chi connectivity index (χ1) is 11.8. The largest absolute Gasteiger partial charge is 0.507 e. The molecule has 0 unspecified atom stereocenters. The summed E-state index contributed by atoms with van der Waals surface area (Å²) in [6.45, 7) is 12.3. The molecule has 4 heteroatoms. The van der Waals surface area contributed by atoms with Crippen LogP contribution in [0.15, 0.2) is 24.3 Å². The van der Waals surface area contributed by atoms with E-state index in [0.29, 0.717) is 24.2 Å². The van der Waals surface area contributed by atoms with Gasteiger partial charge in [0.05, 0.1) is 5.69 Å². The van der Waals surface area contributed by atoms with Gasteiger partial charge < -0.3 is 10.8 Å². The molecule has 0 aromatic heterocycles. The zero-order valence-electron chi connectivity index (χ0n) is 16.5. The first kappa shape index (κ1) is 20.2. The lowest BCUT2D eigenvalue weighted by molar-refractivity contribution is 0.422. The van der Waals surface area contributed by atoms with E-state index in [4.69, 9.17) is 5.73 Å². The van der Waals surface area contributed by atoms with Crippen LogP contribution >= 0.6 is 0 Å². The van der Waals surface area contributed by atoms with Gasteiger partial charge >= 0.3 is 0 Å². The standard InChI is InChI=1S/C22H29F2NO/c1-21(2,3)16-9-13(10-17(20(16)26)22(4,5)6)7-8-14-11-15(23)12-18(24)19(14)25/h9-12,26H,7-8,25H2,1-6H3. The average molecular weight is 361 g/mol. The van der Waals surface area contributed by atoms with E-state index in [-0.39, 0.29) is 16.5 Å². The summed E-state index contributed by atoms with van der Waals surface area (Å²) in [6.07, 6.45) is 1.01. The van der Waals surface area contributed by atoms with E-state index in [9.17, 15) is 13.9 Å². The van der Waals surface area contributed by atoms with Gasteiger partial charge in [0.1, 0.15) is 17.4 Å². The molecule has 0 aliphatic carbocycles. The topological polar surface area (TPSA) is 46.2 Å². The van der Waals surface area contributed by atoms with Crippen molar-refractivity contribution < 1.29 is 13.9 Å². The number of hydrogen-bond donors (Lipinski definition) is 2. The van der Waals surface area contributed by atoms with Crippen molar-refractivity contribution in [3.05, 3.63) is 58.2 Å². The van der Waals surface area contributed by atoms with Crippen LogP contribution in [0.25, 0.3) is 0 Å². The van der Waals surface area contributed by atoms with Crippen molar-refractivity contribution in [2.45, 2.75) is 65.2 Å². The minimum atomic E-state index is -0.725. The molecule has 0 saturated heterocycles. The Bertz CT molecular complexity index is 779. The number of benzene rings is 2. The van der Waals surface area contributed by atoms with Crippen LogP contribution < -0.4 is 5.73 Å². The fourth-order valence-corrected chi connectivity index (χ4v) is 3.11. The molecule has 0 heterocycles. The van der Waals surface area contributed by atoms with Crippen LogP contribution in [0.3, 0.4) is 0 Å². The second-order valence-electron chi connectivity index (χ2n) is 9.00. The van der Waals surface area contributed by atoms with Crippen LogP contribution in [-0.2, 0) is 23.7 Å². The van der Waals surface area contributed by atoms with E-state index < -0.39 is 11.6 Å². The first-order valence-corrected chi connectivity index (χ1v) is 8.91. The predicted octanol–water partition coefficient (Wildman–Crippen LogP) is 5.63. The molecule has 26 heavy (non-hydrogen) atoms. The number of phenols is 1. The Kier molecular flexibility index (Phi) is 5.36. The quantitative estimate of drug-likeness (QED) is 0.696. The summed E-state index contributed by atoms with van der Waals surface area (Å²) < 4.78 is 27.2. The van der Waals surface area contributed by atoms with Gasteiger partial charge in [0.15, 0.2) is 0 Å². The smallest absolute Gasteiger partial charge is 0.149 e. The van der Waals surface area contributed by atoms with Gasteiger partial charge in [-0.15, -0.1) is 0 Å². The number of nitrogen functional groups attached to an aromatic ring is 1. The molecular formula is C22H29F2NO. The number of aryl methyl sites for hydroxylation is 2. The first-order valence-electron chi connectivity index (χ1n) is 8.91. The minimum absolute atomic E-state index is 0.00253. The highest BCUT2D eigenvalue weighted by atomic mass is 19.1. The molecule has 0 saturated carbocycles. The molecule has 0 aliphatic heterocycles. The molecule has 0 aliphatic rings. The highest BCUT2D eigenvalue weighted by Crippen LogP contribution is 2.40. The van der Waals surface area contributed by atoms with E-state index in [1.807, 2.05) is 12.1 Å². The van der Waals surface area contributed by atoms with Gasteiger partial charge in [-0.2, -0.15) is 0 Å². The maximum absolute atomic E-state index is 13.7. The van der Waals surface area contributed by atoms with Crippen LogP contribution in [-0.4, -0.2) is 5.11 Å². The lowest BCUT2D eigenvalue weighted by Gasteiger charge is -2.28. The number of phenolic OH excluding ortho intramolecular Hbond substituents is 1.